The third-order valence-corrected chi connectivity index (χ3v) is 5.13. The van der Waals surface area contributed by atoms with Gasteiger partial charge in [-0.05, 0) is 54.5 Å². The van der Waals surface area contributed by atoms with Crippen LogP contribution in [0.5, 0.6) is 11.5 Å². The topological polar surface area (TPSA) is 67.9 Å². The second-order valence-corrected chi connectivity index (χ2v) is 7.53. The Morgan fingerprint density at radius 1 is 0.941 bits per heavy atom. The monoisotopic (exact) mass is 464 g/mol. The number of nitrogens with one attached hydrogen (secondary N) is 1. The van der Waals surface area contributed by atoms with Crippen LogP contribution in [-0.2, 0) is 17.9 Å². The molecule has 0 atom stereocenters. The summed E-state index contributed by atoms with van der Waals surface area (Å²) in [4.78, 5) is 26.0. The van der Waals surface area contributed by atoms with Crippen molar-refractivity contribution in [3.63, 3.8) is 0 Å². The first-order valence-electron chi connectivity index (χ1n) is 10.7. The van der Waals surface area contributed by atoms with E-state index in [0.717, 1.165) is 10.5 Å². The predicted octanol–water partition coefficient (Wildman–Crippen LogP) is 5.04. The number of halogens is 2. The SMILES string of the molecule is CCOc1cc(C=C2NC(=O)N(Cc3ccccc3F)C2=O)ccc1OCc1ccc(F)cc1. The van der Waals surface area contributed by atoms with E-state index in [1.165, 1.54) is 30.3 Å². The second-order valence-electron chi connectivity index (χ2n) is 7.53. The fourth-order valence-electron chi connectivity index (χ4n) is 3.42. The molecule has 1 heterocycles. The Bertz CT molecular complexity index is 1240. The predicted molar refractivity (Wildman–Crippen MR) is 122 cm³/mol. The van der Waals surface area contributed by atoms with Crippen LogP contribution in [0.3, 0.4) is 0 Å². The number of urea groups is 1. The first-order chi connectivity index (χ1) is 16.4. The van der Waals surface area contributed by atoms with E-state index in [-0.39, 0.29) is 30.2 Å². The summed E-state index contributed by atoms with van der Waals surface area (Å²) in [6.07, 6.45) is 1.52. The number of amides is 3. The number of benzene rings is 3. The lowest BCUT2D eigenvalue weighted by atomic mass is 10.1. The molecule has 6 nitrogen and oxygen atoms in total. The Morgan fingerprint density at radius 2 is 1.71 bits per heavy atom. The molecule has 4 rings (SSSR count). The molecule has 0 bridgehead atoms. The first kappa shape index (κ1) is 23.0. The smallest absolute Gasteiger partial charge is 0.329 e. The summed E-state index contributed by atoms with van der Waals surface area (Å²) in [7, 11) is 0. The van der Waals surface area contributed by atoms with Gasteiger partial charge in [0.05, 0.1) is 13.2 Å². The quantitative estimate of drug-likeness (QED) is 0.375. The molecule has 1 aliphatic rings. The summed E-state index contributed by atoms with van der Waals surface area (Å²) in [5.41, 5.74) is 1.72. The molecule has 1 N–H and O–H groups in total. The van der Waals surface area contributed by atoms with Gasteiger partial charge in [-0.3, -0.25) is 9.69 Å². The van der Waals surface area contributed by atoms with Crippen LogP contribution < -0.4 is 14.8 Å². The van der Waals surface area contributed by atoms with Gasteiger partial charge in [0.25, 0.3) is 5.91 Å². The minimum Gasteiger partial charge on any atom is -0.490 e. The average molecular weight is 464 g/mol. The molecule has 0 aromatic heterocycles. The summed E-state index contributed by atoms with van der Waals surface area (Å²) in [5.74, 6) is -0.423. The average Bonchev–Trinajstić information content (AvgIpc) is 3.08. The Labute approximate surface area is 195 Å². The van der Waals surface area contributed by atoms with Crippen LogP contribution in [0.2, 0.25) is 0 Å². The van der Waals surface area contributed by atoms with E-state index >= 15 is 0 Å². The highest BCUT2D eigenvalue weighted by molar-refractivity contribution is 6.13. The van der Waals surface area contributed by atoms with Gasteiger partial charge in [0.2, 0.25) is 0 Å². The molecule has 3 aromatic carbocycles. The third kappa shape index (κ3) is 5.23. The molecule has 1 aliphatic heterocycles. The molecular weight excluding hydrogens is 442 g/mol. The maximum atomic E-state index is 14.0. The number of carbonyl (C=O) groups is 2. The molecule has 1 saturated heterocycles. The fraction of sp³-hybridized carbons (Fsp3) is 0.154. The lowest BCUT2D eigenvalue weighted by Gasteiger charge is -2.13. The van der Waals surface area contributed by atoms with Crippen molar-refractivity contribution in [2.45, 2.75) is 20.1 Å². The normalized spacial score (nSPS) is 14.4. The zero-order valence-corrected chi connectivity index (χ0v) is 18.4. The Hall–Kier alpha value is -4.20. The first-order valence-corrected chi connectivity index (χ1v) is 10.7. The van der Waals surface area contributed by atoms with Crippen LogP contribution in [0.25, 0.3) is 6.08 Å². The van der Waals surface area contributed by atoms with Gasteiger partial charge >= 0.3 is 6.03 Å². The molecule has 0 saturated carbocycles. The molecule has 8 heteroatoms. The van der Waals surface area contributed by atoms with Crippen LogP contribution >= 0.6 is 0 Å². The molecule has 0 radical (unpaired) electrons. The van der Waals surface area contributed by atoms with Crippen molar-refractivity contribution < 1.29 is 27.8 Å². The number of carbonyl (C=O) groups excluding carboxylic acids is 2. The van der Waals surface area contributed by atoms with Crippen LogP contribution in [-0.4, -0.2) is 23.4 Å². The summed E-state index contributed by atoms with van der Waals surface area (Å²) >= 11 is 0. The molecule has 3 amide bonds. The largest absolute Gasteiger partial charge is 0.490 e. The third-order valence-electron chi connectivity index (χ3n) is 5.13. The zero-order valence-electron chi connectivity index (χ0n) is 18.4. The van der Waals surface area contributed by atoms with Crippen LogP contribution in [0.15, 0.2) is 72.4 Å². The van der Waals surface area contributed by atoms with E-state index in [9.17, 15) is 18.4 Å². The fourth-order valence-corrected chi connectivity index (χ4v) is 3.42. The highest BCUT2D eigenvalue weighted by Crippen LogP contribution is 2.30. The Morgan fingerprint density at radius 3 is 2.44 bits per heavy atom. The summed E-state index contributed by atoms with van der Waals surface area (Å²) in [6, 6.07) is 16.5. The van der Waals surface area contributed by atoms with E-state index in [0.29, 0.717) is 23.7 Å². The van der Waals surface area contributed by atoms with Crippen molar-refractivity contribution in [1.29, 1.82) is 0 Å². The number of rotatable bonds is 8. The van der Waals surface area contributed by atoms with Crippen molar-refractivity contribution >= 4 is 18.0 Å². The van der Waals surface area contributed by atoms with Gasteiger partial charge in [0.15, 0.2) is 11.5 Å². The van der Waals surface area contributed by atoms with Gasteiger partial charge in [-0.15, -0.1) is 0 Å². The van der Waals surface area contributed by atoms with Gasteiger partial charge < -0.3 is 14.8 Å². The van der Waals surface area contributed by atoms with Crippen LogP contribution in [0, 0.1) is 11.6 Å². The van der Waals surface area contributed by atoms with E-state index < -0.39 is 17.8 Å². The molecule has 0 unspecified atom stereocenters. The standard InChI is InChI=1S/C26H22F2N2O4/c1-2-33-24-14-18(9-12-23(24)34-16-17-7-10-20(27)11-8-17)13-22-25(31)30(26(32)29-22)15-19-5-3-4-6-21(19)28/h3-14H,2,15-16H2,1H3,(H,29,32). The number of nitrogens with zero attached hydrogens (tertiary/aromatic N) is 1. The highest BCUT2D eigenvalue weighted by Gasteiger charge is 2.34. The van der Waals surface area contributed by atoms with Crippen molar-refractivity contribution in [1.82, 2.24) is 10.2 Å². The van der Waals surface area contributed by atoms with Crippen molar-refractivity contribution in [3.05, 3.63) is 101 Å². The number of hydrogen-bond acceptors (Lipinski definition) is 4. The maximum absolute atomic E-state index is 14.0. The minimum atomic E-state index is -0.621. The van der Waals surface area contributed by atoms with E-state index in [1.807, 2.05) is 6.92 Å². The minimum absolute atomic E-state index is 0.0729. The number of ether oxygens (including phenoxy) is 2. The van der Waals surface area contributed by atoms with E-state index in [2.05, 4.69) is 5.32 Å². The molecule has 0 aliphatic carbocycles. The molecule has 3 aromatic rings. The molecule has 34 heavy (non-hydrogen) atoms. The van der Waals surface area contributed by atoms with E-state index in [4.69, 9.17) is 9.47 Å². The number of hydrogen-bond donors (Lipinski definition) is 1. The van der Waals surface area contributed by atoms with Crippen molar-refractivity contribution in [2.75, 3.05) is 6.61 Å². The molecular formula is C26H22F2N2O4. The van der Waals surface area contributed by atoms with Gasteiger partial charge in [-0.2, -0.15) is 0 Å². The second kappa shape index (κ2) is 10.2. The summed E-state index contributed by atoms with van der Waals surface area (Å²) < 4.78 is 38.5. The van der Waals surface area contributed by atoms with Gasteiger partial charge in [0.1, 0.15) is 23.9 Å². The highest BCUT2D eigenvalue weighted by atomic mass is 19.1. The lowest BCUT2D eigenvalue weighted by Crippen LogP contribution is -2.30. The van der Waals surface area contributed by atoms with Gasteiger partial charge in [-0.25, -0.2) is 13.6 Å². The maximum Gasteiger partial charge on any atom is 0.329 e. The van der Waals surface area contributed by atoms with Gasteiger partial charge in [-0.1, -0.05) is 36.4 Å². The Kier molecular flexibility index (Phi) is 6.87. The molecule has 1 fully saturated rings. The van der Waals surface area contributed by atoms with Gasteiger partial charge in [0, 0.05) is 5.56 Å². The summed E-state index contributed by atoms with van der Waals surface area (Å²) in [5, 5.41) is 2.53. The Balaban J connectivity index is 1.51. The lowest BCUT2D eigenvalue weighted by molar-refractivity contribution is -0.123. The molecule has 174 valence electrons. The van der Waals surface area contributed by atoms with Crippen LogP contribution in [0.1, 0.15) is 23.6 Å². The zero-order chi connectivity index (χ0) is 24.1. The van der Waals surface area contributed by atoms with Crippen LogP contribution in [0.4, 0.5) is 13.6 Å². The van der Waals surface area contributed by atoms with E-state index in [1.54, 1.807) is 42.5 Å². The van der Waals surface area contributed by atoms with Crippen molar-refractivity contribution in [3.8, 4) is 11.5 Å². The molecule has 0 spiro atoms. The number of imide groups is 1. The summed E-state index contributed by atoms with van der Waals surface area (Å²) in [6.45, 7) is 2.27. The van der Waals surface area contributed by atoms with Crippen molar-refractivity contribution in [2.24, 2.45) is 0 Å².